The summed E-state index contributed by atoms with van der Waals surface area (Å²) in [7, 11) is 0. The van der Waals surface area contributed by atoms with Gasteiger partial charge in [0.15, 0.2) is 0 Å². The highest BCUT2D eigenvalue weighted by atomic mass is 16.4. The van der Waals surface area contributed by atoms with Gasteiger partial charge in [0.05, 0.1) is 17.6 Å². The van der Waals surface area contributed by atoms with Gasteiger partial charge >= 0.3 is 5.97 Å². The number of nitrogens with zero attached hydrogens (tertiary/aromatic N) is 2. The molecule has 0 aliphatic heterocycles. The predicted molar refractivity (Wildman–Crippen MR) is 67.2 cm³/mol. The molecule has 0 atom stereocenters. The molecule has 1 saturated carbocycles. The van der Waals surface area contributed by atoms with Crippen LogP contribution in [-0.2, 0) is 0 Å². The van der Waals surface area contributed by atoms with E-state index in [2.05, 4.69) is 5.10 Å². The van der Waals surface area contributed by atoms with Crippen molar-refractivity contribution in [2.75, 3.05) is 0 Å². The summed E-state index contributed by atoms with van der Waals surface area (Å²) < 4.78 is 1.79. The fourth-order valence-corrected chi connectivity index (χ4v) is 2.27. The molecule has 92 valence electrons. The zero-order valence-corrected chi connectivity index (χ0v) is 10.1. The SMILES string of the molecule is Cc1ccccc1-n1ncc(C(=O)O)c1C1CC1. The lowest BCUT2D eigenvalue weighted by Gasteiger charge is -2.10. The molecule has 3 rings (SSSR count). The second-order valence-corrected chi connectivity index (χ2v) is 4.72. The third-order valence-electron chi connectivity index (χ3n) is 3.34. The molecule has 4 nitrogen and oxygen atoms in total. The van der Waals surface area contributed by atoms with E-state index < -0.39 is 5.97 Å². The van der Waals surface area contributed by atoms with Gasteiger partial charge in [-0.25, -0.2) is 9.48 Å². The second-order valence-electron chi connectivity index (χ2n) is 4.72. The number of carbonyl (C=O) groups is 1. The van der Waals surface area contributed by atoms with Gasteiger partial charge in [-0.05, 0) is 31.4 Å². The first-order chi connectivity index (χ1) is 8.68. The highest BCUT2D eigenvalue weighted by Gasteiger charge is 2.33. The van der Waals surface area contributed by atoms with Gasteiger partial charge in [0.25, 0.3) is 0 Å². The zero-order chi connectivity index (χ0) is 12.7. The maximum absolute atomic E-state index is 11.2. The summed E-state index contributed by atoms with van der Waals surface area (Å²) in [4.78, 5) is 11.2. The van der Waals surface area contributed by atoms with Crippen LogP contribution in [0.1, 0.15) is 40.4 Å². The van der Waals surface area contributed by atoms with Crippen molar-refractivity contribution in [2.24, 2.45) is 0 Å². The van der Waals surface area contributed by atoms with E-state index in [4.69, 9.17) is 0 Å². The van der Waals surface area contributed by atoms with Crippen LogP contribution in [0.15, 0.2) is 30.5 Å². The van der Waals surface area contributed by atoms with Gasteiger partial charge in [0, 0.05) is 5.92 Å². The molecule has 1 aromatic carbocycles. The summed E-state index contributed by atoms with van der Waals surface area (Å²) in [6.07, 6.45) is 3.57. The van der Waals surface area contributed by atoms with Crippen LogP contribution >= 0.6 is 0 Å². The quantitative estimate of drug-likeness (QED) is 0.900. The standard InChI is InChI=1S/C14H14N2O2/c1-9-4-2-3-5-12(9)16-13(10-6-7-10)11(8-15-16)14(17)18/h2-5,8,10H,6-7H2,1H3,(H,17,18). The Morgan fingerprint density at radius 3 is 2.72 bits per heavy atom. The van der Waals surface area contributed by atoms with Gasteiger partial charge in [-0.1, -0.05) is 18.2 Å². The molecule has 1 N–H and O–H groups in total. The number of carboxylic acids is 1. The van der Waals surface area contributed by atoms with E-state index in [1.165, 1.54) is 6.20 Å². The van der Waals surface area contributed by atoms with Gasteiger partial charge in [0.2, 0.25) is 0 Å². The molecule has 1 aliphatic carbocycles. The number of rotatable bonds is 3. The third kappa shape index (κ3) is 1.70. The summed E-state index contributed by atoms with van der Waals surface area (Å²) in [5.41, 5.74) is 3.24. The highest BCUT2D eigenvalue weighted by molar-refractivity contribution is 5.89. The van der Waals surface area contributed by atoms with Crippen molar-refractivity contribution in [3.8, 4) is 5.69 Å². The molecule has 0 radical (unpaired) electrons. The Morgan fingerprint density at radius 2 is 2.11 bits per heavy atom. The maximum atomic E-state index is 11.2. The van der Waals surface area contributed by atoms with E-state index in [0.29, 0.717) is 11.5 Å². The number of hydrogen-bond acceptors (Lipinski definition) is 2. The third-order valence-corrected chi connectivity index (χ3v) is 3.34. The monoisotopic (exact) mass is 242 g/mol. The Morgan fingerprint density at radius 1 is 1.39 bits per heavy atom. The van der Waals surface area contributed by atoms with Crippen molar-refractivity contribution in [1.82, 2.24) is 9.78 Å². The van der Waals surface area contributed by atoms with E-state index >= 15 is 0 Å². The molecule has 1 aromatic heterocycles. The smallest absolute Gasteiger partial charge is 0.339 e. The van der Waals surface area contributed by atoms with Crippen molar-refractivity contribution in [3.05, 3.63) is 47.3 Å². The molecule has 18 heavy (non-hydrogen) atoms. The second kappa shape index (κ2) is 3.98. The summed E-state index contributed by atoms with van der Waals surface area (Å²) in [6.45, 7) is 2.01. The Hall–Kier alpha value is -2.10. The molecule has 1 heterocycles. The Balaban J connectivity index is 2.18. The lowest BCUT2D eigenvalue weighted by atomic mass is 10.1. The fraction of sp³-hybridized carbons (Fsp3) is 0.286. The van der Waals surface area contributed by atoms with E-state index in [0.717, 1.165) is 29.8 Å². The Kier molecular flexibility index (Phi) is 2.44. The average Bonchev–Trinajstić information content (AvgIpc) is 3.09. The van der Waals surface area contributed by atoms with E-state index in [1.54, 1.807) is 4.68 Å². The van der Waals surface area contributed by atoms with Gasteiger partial charge in [-0.15, -0.1) is 0 Å². The van der Waals surface area contributed by atoms with Gasteiger partial charge in [-0.3, -0.25) is 0 Å². The van der Waals surface area contributed by atoms with Crippen LogP contribution < -0.4 is 0 Å². The molecule has 2 aromatic rings. The Labute approximate surface area is 105 Å². The van der Waals surface area contributed by atoms with E-state index in [1.807, 2.05) is 31.2 Å². The number of hydrogen-bond donors (Lipinski definition) is 1. The van der Waals surface area contributed by atoms with Crippen molar-refractivity contribution >= 4 is 5.97 Å². The van der Waals surface area contributed by atoms with Crippen molar-refractivity contribution in [1.29, 1.82) is 0 Å². The maximum Gasteiger partial charge on any atom is 0.339 e. The molecule has 1 fully saturated rings. The molecule has 0 saturated heterocycles. The topological polar surface area (TPSA) is 55.1 Å². The normalized spacial score (nSPS) is 14.7. The summed E-state index contributed by atoms with van der Waals surface area (Å²) in [5.74, 6) is -0.546. The number of aromatic nitrogens is 2. The number of benzene rings is 1. The minimum absolute atomic E-state index is 0.334. The molecular weight excluding hydrogens is 228 g/mol. The molecule has 1 aliphatic rings. The first kappa shape index (κ1) is 11.0. The average molecular weight is 242 g/mol. The molecule has 0 unspecified atom stereocenters. The molecular formula is C14H14N2O2. The van der Waals surface area contributed by atoms with Crippen LogP contribution in [0.4, 0.5) is 0 Å². The van der Waals surface area contributed by atoms with Crippen molar-refractivity contribution in [2.45, 2.75) is 25.7 Å². The van der Waals surface area contributed by atoms with E-state index in [-0.39, 0.29) is 0 Å². The lowest BCUT2D eigenvalue weighted by Crippen LogP contribution is -2.06. The van der Waals surface area contributed by atoms with Crippen LogP contribution in [0.2, 0.25) is 0 Å². The van der Waals surface area contributed by atoms with Crippen LogP contribution in [0.25, 0.3) is 5.69 Å². The largest absolute Gasteiger partial charge is 0.478 e. The van der Waals surface area contributed by atoms with Gasteiger partial charge < -0.3 is 5.11 Å². The molecule has 0 bridgehead atoms. The number of para-hydroxylation sites is 1. The first-order valence-corrected chi connectivity index (χ1v) is 6.05. The number of carboxylic acid groups (broad SMARTS) is 1. The highest BCUT2D eigenvalue weighted by Crippen LogP contribution is 2.42. The van der Waals surface area contributed by atoms with Gasteiger partial charge in [0.1, 0.15) is 5.56 Å². The fourth-order valence-electron chi connectivity index (χ4n) is 2.27. The van der Waals surface area contributed by atoms with Crippen molar-refractivity contribution < 1.29 is 9.90 Å². The minimum atomic E-state index is -0.892. The van der Waals surface area contributed by atoms with Crippen LogP contribution in [0, 0.1) is 6.92 Å². The molecule has 0 amide bonds. The predicted octanol–water partition coefficient (Wildman–Crippen LogP) is 2.76. The summed E-state index contributed by atoms with van der Waals surface area (Å²) in [6, 6.07) is 7.90. The zero-order valence-electron chi connectivity index (χ0n) is 10.1. The van der Waals surface area contributed by atoms with E-state index in [9.17, 15) is 9.90 Å². The van der Waals surface area contributed by atoms with Gasteiger partial charge in [-0.2, -0.15) is 5.10 Å². The van der Waals surface area contributed by atoms with Crippen LogP contribution in [0.5, 0.6) is 0 Å². The minimum Gasteiger partial charge on any atom is -0.478 e. The molecule has 4 heteroatoms. The number of aromatic carboxylic acids is 1. The van der Waals surface area contributed by atoms with Crippen LogP contribution in [-0.4, -0.2) is 20.9 Å². The van der Waals surface area contributed by atoms with Crippen LogP contribution in [0.3, 0.4) is 0 Å². The molecule has 0 spiro atoms. The Bertz CT molecular complexity index is 612. The first-order valence-electron chi connectivity index (χ1n) is 6.05. The summed E-state index contributed by atoms with van der Waals surface area (Å²) >= 11 is 0. The lowest BCUT2D eigenvalue weighted by molar-refractivity contribution is 0.0695. The number of aryl methyl sites for hydroxylation is 1. The summed E-state index contributed by atoms with van der Waals surface area (Å²) in [5, 5.41) is 13.5. The van der Waals surface area contributed by atoms with Crippen molar-refractivity contribution in [3.63, 3.8) is 0 Å².